The highest BCUT2D eigenvalue weighted by Gasteiger charge is 2.63. The Morgan fingerprint density at radius 1 is 1.11 bits per heavy atom. The van der Waals surface area contributed by atoms with Crippen molar-refractivity contribution in [2.45, 2.75) is 68.7 Å². The number of phenols is 1. The van der Waals surface area contributed by atoms with E-state index in [1.165, 1.54) is 7.11 Å². The lowest BCUT2D eigenvalue weighted by Gasteiger charge is -2.57. The van der Waals surface area contributed by atoms with Crippen molar-refractivity contribution in [3.8, 4) is 5.75 Å². The fraction of sp³-hybridized carbons (Fsp3) is 0.556. The lowest BCUT2D eigenvalue weighted by atomic mass is 9.57. The number of hydrogen-bond donors (Lipinski definition) is 4. The zero-order chi connectivity index (χ0) is 26.6. The number of Topliss-reactive ketones (excluding diaryl/α,β-unsaturated/α-hetero) is 1. The van der Waals surface area contributed by atoms with Crippen LogP contribution in [0.2, 0.25) is 0 Å². The fourth-order valence-electron chi connectivity index (χ4n) is 7.58. The Labute approximate surface area is 217 Å². The number of pyridine rings is 1. The van der Waals surface area contributed by atoms with Crippen LogP contribution >= 0.6 is 0 Å². The number of ether oxygens (including phenoxy) is 4. The zero-order valence-electron chi connectivity index (χ0n) is 21.0. The molecule has 2 aromatic rings. The zero-order valence-corrected chi connectivity index (χ0v) is 21.0. The van der Waals surface area contributed by atoms with Crippen LogP contribution in [0.1, 0.15) is 35.6 Å². The average molecular weight is 527 g/mol. The Morgan fingerprint density at radius 3 is 2.66 bits per heavy atom. The molecule has 0 amide bonds. The molecule has 3 aliphatic carbocycles. The van der Waals surface area contributed by atoms with Gasteiger partial charge in [-0.1, -0.05) is 6.07 Å². The van der Waals surface area contributed by atoms with Crippen LogP contribution in [-0.2, 0) is 30.2 Å². The molecule has 5 N–H and O–H groups in total. The predicted molar refractivity (Wildman–Crippen MR) is 132 cm³/mol. The number of rotatable bonds is 1. The van der Waals surface area contributed by atoms with Crippen molar-refractivity contribution in [3.05, 3.63) is 50.6 Å². The number of fused-ring (bicyclic) bond motifs is 5. The van der Waals surface area contributed by atoms with E-state index >= 15 is 0 Å². The normalized spacial score (nSPS) is 37.7. The predicted octanol–water partition coefficient (Wildman–Crippen LogP) is 0.109. The molecule has 9 unspecified atom stereocenters. The Bertz CT molecular complexity index is 1460. The van der Waals surface area contributed by atoms with Crippen LogP contribution in [0.3, 0.4) is 0 Å². The van der Waals surface area contributed by atoms with Gasteiger partial charge < -0.3 is 40.1 Å². The summed E-state index contributed by atoms with van der Waals surface area (Å²) in [6.45, 7) is 1.67. The van der Waals surface area contributed by atoms with Crippen molar-refractivity contribution >= 4 is 16.6 Å². The summed E-state index contributed by atoms with van der Waals surface area (Å²) >= 11 is 0. The van der Waals surface area contributed by atoms with Crippen LogP contribution in [0.15, 0.2) is 28.3 Å². The molecule has 1 saturated heterocycles. The molecule has 7 rings (SSSR count). The van der Waals surface area contributed by atoms with Crippen molar-refractivity contribution in [2.24, 2.45) is 11.8 Å². The lowest BCUT2D eigenvalue weighted by molar-refractivity contribution is -0.268. The number of methoxy groups -OCH3 is 1. The molecule has 5 aliphatic rings. The van der Waals surface area contributed by atoms with Gasteiger partial charge in [0, 0.05) is 30.2 Å². The van der Waals surface area contributed by atoms with Crippen LogP contribution < -0.4 is 11.4 Å². The highest BCUT2D eigenvalue weighted by Crippen LogP contribution is 2.56. The minimum atomic E-state index is -1.24. The van der Waals surface area contributed by atoms with Crippen molar-refractivity contribution < 1.29 is 39.1 Å². The molecular weight excluding hydrogens is 496 g/mol. The molecule has 11 heteroatoms. The minimum absolute atomic E-state index is 0.0355. The maximum absolute atomic E-state index is 13.9. The van der Waals surface area contributed by atoms with Gasteiger partial charge in [0.2, 0.25) is 0 Å². The number of phenolic OH excluding ortho intramolecular Hbond substituents is 1. The van der Waals surface area contributed by atoms with Crippen LogP contribution in [0, 0.1) is 18.8 Å². The Kier molecular flexibility index (Phi) is 5.25. The van der Waals surface area contributed by atoms with Crippen molar-refractivity contribution in [1.82, 2.24) is 4.68 Å². The topological polar surface area (TPSA) is 163 Å². The first kappa shape index (κ1) is 24.1. The van der Waals surface area contributed by atoms with Gasteiger partial charge in [-0.15, -0.1) is 0 Å². The van der Waals surface area contributed by atoms with Crippen LogP contribution in [0.5, 0.6) is 5.75 Å². The number of carbonyl (C=O) groups excluding carboxylic acids is 1. The Morgan fingerprint density at radius 2 is 1.89 bits per heavy atom. The molecule has 202 valence electrons. The highest BCUT2D eigenvalue weighted by atomic mass is 16.7. The summed E-state index contributed by atoms with van der Waals surface area (Å²) < 4.78 is 24.9. The van der Waals surface area contributed by atoms with Crippen molar-refractivity contribution in [1.29, 1.82) is 0 Å². The minimum Gasteiger partial charge on any atom is -0.507 e. The van der Waals surface area contributed by atoms with E-state index in [1.807, 2.05) is 6.07 Å². The van der Waals surface area contributed by atoms with Gasteiger partial charge in [-0.2, -0.15) is 0 Å². The third-order valence-electron chi connectivity index (χ3n) is 9.28. The maximum Gasteiger partial charge on any atom is 0.280 e. The van der Waals surface area contributed by atoms with E-state index in [0.717, 1.165) is 10.2 Å². The molecular formula is C27H30N2O9. The standard InChI is InChI=1S/C27H30N2O9/c1-9-5-10-6-11-7-14-18-19(15(11)21(31)16(10)27(34)29(9)28)23(33)26-20(25(18)37-8-36-14)22(32)17-12(30)3-4-13(35-2)24(17)38-26/h5-6,12-14,18-20,23,25-26,30-31,33H,3-4,7-8,28H2,1-2H3. The number of aryl methyl sites for hydroxylation is 1. The van der Waals surface area contributed by atoms with Gasteiger partial charge in [-0.3, -0.25) is 9.59 Å². The first-order valence-electron chi connectivity index (χ1n) is 13.0. The third kappa shape index (κ3) is 3.02. The summed E-state index contributed by atoms with van der Waals surface area (Å²) in [5.74, 6) is 3.54. The number of hydrogen-bond acceptors (Lipinski definition) is 10. The first-order chi connectivity index (χ1) is 18.2. The Hall–Kier alpha value is -2.96. The third-order valence-corrected chi connectivity index (χ3v) is 9.28. The molecule has 38 heavy (non-hydrogen) atoms. The number of ketones is 1. The smallest absolute Gasteiger partial charge is 0.280 e. The molecule has 0 spiro atoms. The number of carbonyl (C=O) groups is 1. The largest absolute Gasteiger partial charge is 0.507 e. The molecule has 0 bridgehead atoms. The molecule has 1 saturated carbocycles. The van der Waals surface area contributed by atoms with E-state index in [2.05, 4.69) is 0 Å². The van der Waals surface area contributed by atoms with Crippen molar-refractivity contribution in [2.75, 3.05) is 19.7 Å². The highest BCUT2D eigenvalue weighted by molar-refractivity contribution is 6.00. The maximum atomic E-state index is 13.9. The second kappa shape index (κ2) is 8.27. The summed E-state index contributed by atoms with van der Waals surface area (Å²) in [6.07, 6.45) is -3.57. The first-order valence-corrected chi connectivity index (χ1v) is 13.0. The molecule has 1 aromatic carbocycles. The number of nitrogen functional groups attached to an aromatic ring is 1. The van der Waals surface area contributed by atoms with E-state index in [0.29, 0.717) is 35.9 Å². The quantitative estimate of drug-likeness (QED) is 0.375. The molecule has 1 aromatic heterocycles. The van der Waals surface area contributed by atoms with Gasteiger partial charge in [0.05, 0.1) is 41.3 Å². The van der Waals surface area contributed by atoms with Crippen LogP contribution in [0.4, 0.5) is 0 Å². The number of aromatic nitrogens is 1. The summed E-state index contributed by atoms with van der Waals surface area (Å²) in [7, 11) is 1.51. The van der Waals surface area contributed by atoms with E-state index in [-0.39, 0.29) is 41.1 Å². The van der Waals surface area contributed by atoms with E-state index in [4.69, 9.17) is 24.8 Å². The van der Waals surface area contributed by atoms with Gasteiger partial charge in [-0.25, -0.2) is 4.68 Å². The van der Waals surface area contributed by atoms with Crippen LogP contribution in [0.25, 0.3) is 10.8 Å². The van der Waals surface area contributed by atoms with Gasteiger partial charge in [-0.05, 0) is 43.2 Å². The molecule has 9 atom stereocenters. The second-order valence-electron chi connectivity index (χ2n) is 11.0. The second-order valence-corrected chi connectivity index (χ2v) is 11.0. The van der Waals surface area contributed by atoms with E-state index < -0.39 is 53.8 Å². The molecule has 2 fully saturated rings. The fourth-order valence-corrected chi connectivity index (χ4v) is 7.58. The number of aliphatic hydroxyl groups is 2. The molecule has 0 radical (unpaired) electrons. The van der Waals surface area contributed by atoms with Gasteiger partial charge in [0.1, 0.15) is 30.5 Å². The lowest BCUT2D eigenvalue weighted by Crippen LogP contribution is -2.66. The number of nitrogens with zero attached hydrogens (tertiary/aromatic N) is 1. The van der Waals surface area contributed by atoms with Gasteiger partial charge in [0.25, 0.3) is 5.56 Å². The summed E-state index contributed by atoms with van der Waals surface area (Å²) in [6, 6.07) is 3.58. The molecule has 3 heterocycles. The number of nitrogens with two attached hydrogens (primary N) is 1. The molecule has 2 aliphatic heterocycles. The monoisotopic (exact) mass is 526 g/mol. The number of aliphatic hydroxyl groups excluding tert-OH is 2. The number of benzene rings is 1. The van der Waals surface area contributed by atoms with Crippen LogP contribution in [-0.4, -0.2) is 76.3 Å². The Balaban J connectivity index is 1.42. The van der Waals surface area contributed by atoms with E-state index in [9.17, 15) is 24.9 Å². The van der Waals surface area contributed by atoms with E-state index in [1.54, 1.807) is 13.0 Å². The summed E-state index contributed by atoms with van der Waals surface area (Å²) in [4.78, 5) is 27.0. The SMILES string of the molecule is COC1CCC(O)C2=C1OC1C(O)C3c4c(cc5cc(C)n(N)c(=O)c5c4O)CC4OCOC(C1C2=O)C43. The van der Waals surface area contributed by atoms with Gasteiger partial charge >= 0.3 is 0 Å². The number of aromatic hydroxyl groups is 1. The van der Waals surface area contributed by atoms with Gasteiger partial charge in [0.15, 0.2) is 5.78 Å². The molecule has 11 nitrogen and oxygen atoms in total. The van der Waals surface area contributed by atoms with Crippen molar-refractivity contribution in [3.63, 3.8) is 0 Å². The summed E-state index contributed by atoms with van der Waals surface area (Å²) in [5.41, 5.74) is 1.35. The average Bonchev–Trinajstić information content (AvgIpc) is 2.89. The summed E-state index contributed by atoms with van der Waals surface area (Å²) in [5, 5.41) is 34.7.